The Hall–Kier alpha value is -3.77. The van der Waals surface area contributed by atoms with Crippen molar-refractivity contribution in [3.8, 4) is 17.2 Å². The van der Waals surface area contributed by atoms with Crippen LogP contribution in [0.1, 0.15) is 37.1 Å². The van der Waals surface area contributed by atoms with Crippen molar-refractivity contribution in [1.82, 2.24) is 24.3 Å². The topological polar surface area (TPSA) is 99.3 Å². The van der Waals surface area contributed by atoms with Crippen LogP contribution in [0.5, 0.6) is 11.5 Å². The zero-order valence-corrected chi connectivity index (χ0v) is 21.2. The van der Waals surface area contributed by atoms with E-state index in [0.717, 1.165) is 5.69 Å². The second-order valence-electron chi connectivity index (χ2n) is 9.25. The number of hydrogen-bond acceptors (Lipinski definition) is 7. The Bertz CT molecular complexity index is 1440. The number of aromatic nitrogens is 5. The molecule has 0 unspecified atom stereocenters. The third-order valence-corrected chi connectivity index (χ3v) is 6.49. The summed E-state index contributed by atoms with van der Waals surface area (Å²) in [6.07, 6.45) is -0.776. The maximum Gasteiger partial charge on any atom is 0.573 e. The fourth-order valence-corrected chi connectivity index (χ4v) is 4.66. The SMILES string of the molecule is COc1cc(Nc2nc3n(n2)CC[C@](C)(O)C[C@@H]3c2ccc(OC(F)(F)F)cc2)ccc1-n1cnc(Cl)c1. The molecule has 0 saturated heterocycles. The van der Waals surface area contributed by atoms with E-state index in [1.165, 1.54) is 12.1 Å². The van der Waals surface area contributed by atoms with Gasteiger partial charge in [0.1, 0.15) is 28.8 Å². The molecule has 9 nitrogen and oxygen atoms in total. The van der Waals surface area contributed by atoms with Gasteiger partial charge in [0.05, 0.1) is 18.4 Å². The van der Waals surface area contributed by atoms with Crippen molar-refractivity contribution < 1.29 is 27.8 Å². The maximum atomic E-state index is 12.6. The fourth-order valence-electron chi connectivity index (χ4n) is 4.51. The minimum absolute atomic E-state index is 0.319. The highest BCUT2D eigenvalue weighted by atomic mass is 35.5. The largest absolute Gasteiger partial charge is 0.573 e. The maximum absolute atomic E-state index is 12.6. The summed E-state index contributed by atoms with van der Waals surface area (Å²) in [5, 5.41) is 19.0. The molecule has 200 valence electrons. The summed E-state index contributed by atoms with van der Waals surface area (Å²) in [6, 6.07) is 11.1. The van der Waals surface area contributed by atoms with Gasteiger partial charge in [-0.3, -0.25) is 0 Å². The van der Waals surface area contributed by atoms with Crippen molar-refractivity contribution >= 4 is 23.2 Å². The molecule has 1 aliphatic heterocycles. The first-order chi connectivity index (χ1) is 18.0. The molecule has 0 bridgehead atoms. The summed E-state index contributed by atoms with van der Waals surface area (Å²) in [5.74, 6) is 0.773. The number of aryl methyl sites for hydroxylation is 1. The van der Waals surface area contributed by atoms with Gasteiger partial charge in [-0.1, -0.05) is 23.7 Å². The van der Waals surface area contributed by atoms with Gasteiger partial charge in [0, 0.05) is 30.4 Å². The predicted molar refractivity (Wildman–Crippen MR) is 133 cm³/mol. The summed E-state index contributed by atoms with van der Waals surface area (Å²) in [5.41, 5.74) is 1.09. The van der Waals surface area contributed by atoms with Crippen molar-refractivity contribution in [2.75, 3.05) is 12.4 Å². The van der Waals surface area contributed by atoms with Gasteiger partial charge in [0.15, 0.2) is 0 Å². The molecule has 5 rings (SSSR count). The van der Waals surface area contributed by atoms with E-state index in [1.54, 1.807) is 54.0 Å². The summed E-state index contributed by atoms with van der Waals surface area (Å²) in [4.78, 5) is 8.72. The van der Waals surface area contributed by atoms with E-state index in [9.17, 15) is 18.3 Å². The van der Waals surface area contributed by atoms with Crippen LogP contribution in [0.3, 0.4) is 0 Å². The van der Waals surface area contributed by atoms with Gasteiger partial charge < -0.3 is 24.5 Å². The van der Waals surface area contributed by atoms with E-state index in [4.69, 9.17) is 21.3 Å². The van der Waals surface area contributed by atoms with Crippen LogP contribution in [0.4, 0.5) is 24.8 Å². The number of hydrogen-bond donors (Lipinski definition) is 2. The van der Waals surface area contributed by atoms with Crippen molar-refractivity contribution in [3.63, 3.8) is 0 Å². The van der Waals surface area contributed by atoms with Crippen LogP contribution in [0.2, 0.25) is 5.15 Å². The minimum Gasteiger partial charge on any atom is -0.494 e. The molecule has 0 fully saturated rings. The molecule has 0 radical (unpaired) electrons. The van der Waals surface area contributed by atoms with Gasteiger partial charge in [-0.15, -0.1) is 18.3 Å². The molecule has 13 heteroatoms. The smallest absolute Gasteiger partial charge is 0.494 e. The zero-order valence-electron chi connectivity index (χ0n) is 20.4. The molecule has 4 aromatic rings. The highest BCUT2D eigenvalue weighted by Gasteiger charge is 2.35. The molecule has 2 aromatic carbocycles. The third kappa shape index (κ3) is 5.70. The lowest BCUT2D eigenvalue weighted by molar-refractivity contribution is -0.274. The van der Waals surface area contributed by atoms with Crippen LogP contribution in [0.25, 0.3) is 5.69 Å². The number of alkyl halides is 3. The molecule has 38 heavy (non-hydrogen) atoms. The minimum atomic E-state index is -4.78. The molecule has 0 amide bonds. The molecule has 1 aliphatic rings. The van der Waals surface area contributed by atoms with Gasteiger partial charge in [-0.2, -0.15) is 4.98 Å². The highest BCUT2D eigenvalue weighted by molar-refractivity contribution is 6.29. The predicted octanol–water partition coefficient (Wildman–Crippen LogP) is 5.44. The van der Waals surface area contributed by atoms with Gasteiger partial charge in [0.2, 0.25) is 5.95 Å². The summed E-state index contributed by atoms with van der Waals surface area (Å²) in [7, 11) is 1.56. The number of halogens is 4. The Balaban J connectivity index is 1.43. The summed E-state index contributed by atoms with van der Waals surface area (Å²) in [6.45, 7) is 2.15. The Kier molecular flexibility index (Phi) is 6.70. The van der Waals surface area contributed by atoms with Crippen LogP contribution < -0.4 is 14.8 Å². The van der Waals surface area contributed by atoms with Gasteiger partial charge in [0.25, 0.3) is 0 Å². The number of nitrogens with zero attached hydrogens (tertiary/aromatic N) is 5. The molecule has 2 N–H and O–H groups in total. The lowest BCUT2D eigenvalue weighted by Gasteiger charge is -2.24. The standard InChI is InChI=1S/C25H24ClF3N6O3/c1-24(36)9-10-35-22(18(12-24)15-3-6-17(7-4-15)38-25(27,28)29)32-23(33-35)31-16-5-8-19(20(11-16)37-2)34-13-21(26)30-14-34/h3-8,11,13-14,18,36H,9-10,12H2,1-2H3,(H,31,33)/t18-,24+/m1/s1. The van der Waals surface area contributed by atoms with Crippen LogP contribution in [0, 0.1) is 0 Å². The number of nitrogens with one attached hydrogen (secondary N) is 1. The number of anilines is 2. The molecule has 0 spiro atoms. The number of benzene rings is 2. The normalized spacial score (nSPS) is 19.5. The van der Waals surface area contributed by atoms with Gasteiger partial charge in [-0.25, -0.2) is 9.67 Å². The van der Waals surface area contributed by atoms with Crippen molar-refractivity contribution in [2.24, 2.45) is 0 Å². The summed E-state index contributed by atoms with van der Waals surface area (Å²) >= 11 is 5.94. The molecular weight excluding hydrogens is 525 g/mol. The number of ether oxygens (including phenoxy) is 2. The molecule has 2 aromatic heterocycles. The Labute approximate surface area is 220 Å². The summed E-state index contributed by atoms with van der Waals surface area (Å²) < 4.78 is 50.7. The number of rotatable bonds is 6. The van der Waals surface area contributed by atoms with E-state index in [2.05, 4.69) is 20.1 Å². The van der Waals surface area contributed by atoms with E-state index >= 15 is 0 Å². The third-order valence-electron chi connectivity index (χ3n) is 6.30. The molecule has 3 heterocycles. The quantitative estimate of drug-likeness (QED) is 0.331. The first-order valence-electron chi connectivity index (χ1n) is 11.7. The number of fused-ring (bicyclic) bond motifs is 1. The van der Waals surface area contributed by atoms with Crippen molar-refractivity contribution in [3.05, 3.63) is 71.5 Å². The highest BCUT2D eigenvalue weighted by Crippen LogP contribution is 2.38. The van der Waals surface area contributed by atoms with Crippen LogP contribution in [-0.4, -0.2) is 48.5 Å². The zero-order chi connectivity index (χ0) is 27.1. The Morgan fingerprint density at radius 3 is 2.61 bits per heavy atom. The van der Waals surface area contributed by atoms with Crippen LogP contribution in [0.15, 0.2) is 55.0 Å². The van der Waals surface area contributed by atoms with Crippen molar-refractivity contribution in [2.45, 2.75) is 44.2 Å². The first-order valence-corrected chi connectivity index (χ1v) is 12.1. The first kappa shape index (κ1) is 25.9. The van der Waals surface area contributed by atoms with Crippen molar-refractivity contribution in [1.29, 1.82) is 0 Å². The average molecular weight is 549 g/mol. The van der Waals surface area contributed by atoms with Gasteiger partial charge in [-0.05, 0) is 49.6 Å². The average Bonchev–Trinajstić information content (AvgIpc) is 3.44. The molecule has 0 aliphatic carbocycles. The van der Waals surface area contributed by atoms with Crippen LogP contribution >= 0.6 is 11.6 Å². The molecule has 2 atom stereocenters. The van der Waals surface area contributed by atoms with Crippen LogP contribution in [-0.2, 0) is 6.54 Å². The van der Waals surface area contributed by atoms with E-state index in [1.807, 2.05) is 12.1 Å². The Morgan fingerprint density at radius 2 is 1.95 bits per heavy atom. The van der Waals surface area contributed by atoms with E-state index in [0.29, 0.717) is 53.3 Å². The Morgan fingerprint density at radius 1 is 1.18 bits per heavy atom. The lowest BCUT2D eigenvalue weighted by atomic mass is 9.86. The number of imidazole rings is 1. The van der Waals surface area contributed by atoms with E-state index < -0.39 is 17.9 Å². The second kappa shape index (κ2) is 9.84. The molecular formula is C25H24ClF3N6O3. The van der Waals surface area contributed by atoms with Gasteiger partial charge >= 0.3 is 6.36 Å². The number of aliphatic hydroxyl groups is 1. The fraction of sp³-hybridized carbons (Fsp3) is 0.320. The molecule has 0 saturated carbocycles. The number of methoxy groups -OCH3 is 1. The van der Waals surface area contributed by atoms with E-state index in [-0.39, 0.29) is 5.75 Å². The second-order valence-corrected chi connectivity index (χ2v) is 9.64. The monoisotopic (exact) mass is 548 g/mol. The lowest BCUT2D eigenvalue weighted by Crippen LogP contribution is -2.26.